The van der Waals surface area contributed by atoms with Gasteiger partial charge in [0.05, 0.1) is 6.33 Å². The first-order valence-electron chi connectivity index (χ1n) is 7.33. The number of rotatable bonds is 2. The molecule has 2 aliphatic heterocycles. The van der Waals surface area contributed by atoms with Crippen molar-refractivity contribution in [1.29, 1.82) is 0 Å². The standard InChI is InChI=1S/C14H15BrFN5O3/c1-14(2)23-9-6(3-7(15)16)22-13(10(9)24-14)21-5-20-8-11(17)18-4-19-12(8)21/h3-6,9-10,13H,1-2H3,(H2,17,18,19)/b7-3-/t6-,9-,10-,13-/m1/s1. The maximum absolute atomic E-state index is 13.3. The molecule has 0 unspecified atom stereocenters. The molecule has 0 aliphatic carbocycles. The summed E-state index contributed by atoms with van der Waals surface area (Å²) in [4.78, 5) is 12.4. The van der Waals surface area contributed by atoms with E-state index in [0.717, 1.165) is 0 Å². The van der Waals surface area contributed by atoms with Gasteiger partial charge in [0.1, 0.15) is 30.2 Å². The fourth-order valence-electron chi connectivity index (χ4n) is 3.15. The number of imidazole rings is 1. The predicted octanol–water partition coefficient (Wildman–Crippen LogP) is 2.03. The minimum Gasteiger partial charge on any atom is -0.382 e. The molecular formula is C14H15BrFN5O3. The van der Waals surface area contributed by atoms with E-state index < -0.39 is 35.1 Å². The molecule has 4 atom stereocenters. The van der Waals surface area contributed by atoms with Crippen molar-refractivity contribution in [3.05, 3.63) is 23.5 Å². The molecule has 24 heavy (non-hydrogen) atoms. The van der Waals surface area contributed by atoms with E-state index in [9.17, 15) is 4.39 Å². The summed E-state index contributed by atoms with van der Waals surface area (Å²) < 4.78 is 32.3. The van der Waals surface area contributed by atoms with Crippen molar-refractivity contribution in [2.75, 3.05) is 5.73 Å². The highest BCUT2D eigenvalue weighted by atomic mass is 79.9. The maximum Gasteiger partial charge on any atom is 0.167 e. The zero-order valence-electron chi connectivity index (χ0n) is 12.9. The number of halogens is 2. The zero-order chi connectivity index (χ0) is 17.1. The van der Waals surface area contributed by atoms with Crippen molar-refractivity contribution in [1.82, 2.24) is 19.5 Å². The molecule has 0 saturated carbocycles. The molecular weight excluding hydrogens is 385 g/mol. The van der Waals surface area contributed by atoms with Gasteiger partial charge in [-0.15, -0.1) is 0 Å². The Morgan fingerprint density at radius 3 is 2.83 bits per heavy atom. The highest BCUT2D eigenvalue weighted by Crippen LogP contribution is 2.44. The second-order valence-electron chi connectivity index (χ2n) is 6.10. The van der Waals surface area contributed by atoms with Gasteiger partial charge >= 0.3 is 0 Å². The van der Waals surface area contributed by atoms with Crippen molar-refractivity contribution < 1.29 is 18.6 Å². The van der Waals surface area contributed by atoms with Crippen molar-refractivity contribution in [2.24, 2.45) is 0 Å². The number of ether oxygens (including phenoxy) is 3. The van der Waals surface area contributed by atoms with Gasteiger partial charge in [0.15, 0.2) is 28.2 Å². The van der Waals surface area contributed by atoms with Crippen LogP contribution in [0.15, 0.2) is 23.5 Å². The van der Waals surface area contributed by atoms with Crippen LogP contribution in [0.5, 0.6) is 0 Å². The van der Waals surface area contributed by atoms with Crippen LogP contribution in [0.2, 0.25) is 0 Å². The van der Waals surface area contributed by atoms with Crippen molar-refractivity contribution in [2.45, 2.75) is 44.2 Å². The third-order valence-corrected chi connectivity index (χ3v) is 4.28. The lowest BCUT2D eigenvalue weighted by Gasteiger charge is -2.23. The molecule has 4 heterocycles. The van der Waals surface area contributed by atoms with Gasteiger partial charge in [-0.25, -0.2) is 15.0 Å². The van der Waals surface area contributed by atoms with Gasteiger partial charge in [0.2, 0.25) is 0 Å². The molecule has 2 aliphatic rings. The Morgan fingerprint density at radius 1 is 1.33 bits per heavy atom. The van der Waals surface area contributed by atoms with Crippen LogP contribution in [0.1, 0.15) is 20.1 Å². The largest absolute Gasteiger partial charge is 0.382 e. The average Bonchev–Trinajstić information content (AvgIpc) is 3.12. The predicted molar refractivity (Wildman–Crippen MR) is 85.6 cm³/mol. The van der Waals surface area contributed by atoms with Crippen LogP contribution in [0.4, 0.5) is 10.2 Å². The maximum atomic E-state index is 13.3. The number of fused-ring (bicyclic) bond motifs is 2. The normalized spacial score (nSPS) is 32.4. The van der Waals surface area contributed by atoms with E-state index in [1.54, 1.807) is 24.7 Å². The Hall–Kier alpha value is -1.62. The second-order valence-corrected chi connectivity index (χ2v) is 6.85. The van der Waals surface area contributed by atoms with Crippen LogP contribution < -0.4 is 5.73 Å². The van der Waals surface area contributed by atoms with Gasteiger partial charge in [-0.1, -0.05) is 0 Å². The lowest BCUT2D eigenvalue weighted by molar-refractivity contribution is -0.191. The third-order valence-electron chi connectivity index (χ3n) is 4.02. The molecule has 10 heteroatoms. The van der Waals surface area contributed by atoms with Gasteiger partial charge in [0, 0.05) is 0 Å². The molecule has 128 valence electrons. The molecule has 0 spiro atoms. The number of anilines is 1. The first-order chi connectivity index (χ1) is 11.4. The van der Waals surface area contributed by atoms with E-state index in [0.29, 0.717) is 11.2 Å². The molecule has 0 aromatic carbocycles. The van der Waals surface area contributed by atoms with E-state index in [1.165, 1.54) is 12.4 Å². The number of hydrogen-bond acceptors (Lipinski definition) is 7. The molecule has 2 saturated heterocycles. The Kier molecular flexibility index (Phi) is 3.60. The first kappa shape index (κ1) is 15.9. The second kappa shape index (κ2) is 5.45. The molecule has 8 nitrogen and oxygen atoms in total. The van der Waals surface area contributed by atoms with E-state index in [-0.39, 0.29) is 5.82 Å². The minimum absolute atomic E-state index is 0.278. The van der Waals surface area contributed by atoms with Crippen LogP contribution in [0.25, 0.3) is 11.2 Å². The Labute approximate surface area is 144 Å². The van der Waals surface area contributed by atoms with Crippen molar-refractivity contribution in [3.8, 4) is 0 Å². The Morgan fingerprint density at radius 2 is 2.08 bits per heavy atom. The molecule has 2 aromatic rings. The Balaban J connectivity index is 1.77. The van der Waals surface area contributed by atoms with Gasteiger partial charge in [-0.2, -0.15) is 4.39 Å². The number of nitrogens with two attached hydrogens (primary N) is 1. The van der Waals surface area contributed by atoms with Crippen LogP contribution in [0, 0.1) is 0 Å². The quantitative estimate of drug-likeness (QED) is 0.824. The molecule has 4 rings (SSSR count). The van der Waals surface area contributed by atoms with Crippen LogP contribution in [-0.4, -0.2) is 43.6 Å². The van der Waals surface area contributed by atoms with Crippen LogP contribution in [0.3, 0.4) is 0 Å². The van der Waals surface area contributed by atoms with Gasteiger partial charge in [-0.05, 0) is 35.9 Å². The summed E-state index contributed by atoms with van der Waals surface area (Å²) in [5, 5.41) is 0. The lowest BCUT2D eigenvalue weighted by atomic mass is 10.1. The van der Waals surface area contributed by atoms with Crippen molar-refractivity contribution >= 4 is 32.9 Å². The van der Waals surface area contributed by atoms with Gasteiger partial charge in [-0.3, -0.25) is 4.57 Å². The summed E-state index contributed by atoms with van der Waals surface area (Å²) in [6.07, 6.45) is 2.13. The van der Waals surface area contributed by atoms with E-state index >= 15 is 0 Å². The molecule has 2 fully saturated rings. The molecule has 2 aromatic heterocycles. The summed E-state index contributed by atoms with van der Waals surface area (Å²) in [5.41, 5.74) is 6.81. The number of hydrogen-bond donors (Lipinski definition) is 1. The minimum atomic E-state index is -0.795. The van der Waals surface area contributed by atoms with Gasteiger partial charge in [0.25, 0.3) is 0 Å². The van der Waals surface area contributed by atoms with Gasteiger partial charge < -0.3 is 19.9 Å². The molecule has 0 amide bonds. The van der Waals surface area contributed by atoms with E-state index in [1.807, 2.05) is 0 Å². The summed E-state index contributed by atoms with van der Waals surface area (Å²) in [5.74, 6) is -0.517. The fraction of sp³-hybridized carbons (Fsp3) is 0.500. The SMILES string of the molecule is CC1(C)O[C@@H]2[C@H](O1)[C@@H](/C=C(\F)Br)O[C@H]2n1cnc2c(N)ncnc21. The van der Waals surface area contributed by atoms with E-state index in [4.69, 9.17) is 19.9 Å². The fourth-order valence-corrected chi connectivity index (χ4v) is 3.41. The summed E-state index contributed by atoms with van der Waals surface area (Å²) >= 11 is 2.79. The summed E-state index contributed by atoms with van der Waals surface area (Å²) in [6.45, 7) is 3.61. The van der Waals surface area contributed by atoms with Crippen LogP contribution in [-0.2, 0) is 14.2 Å². The number of nitrogen functional groups attached to an aromatic ring is 1. The molecule has 2 N–H and O–H groups in total. The summed E-state index contributed by atoms with van der Waals surface area (Å²) in [6, 6.07) is 0. The zero-order valence-corrected chi connectivity index (χ0v) is 14.5. The smallest absolute Gasteiger partial charge is 0.167 e. The monoisotopic (exact) mass is 399 g/mol. The highest BCUT2D eigenvalue weighted by Gasteiger charge is 2.55. The number of nitrogens with zero attached hydrogens (tertiary/aromatic N) is 4. The Bertz CT molecular complexity index is 822. The average molecular weight is 400 g/mol. The number of aromatic nitrogens is 4. The van der Waals surface area contributed by atoms with E-state index in [2.05, 4.69) is 30.9 Å². The topological polar surface area (TPSA) is 97.3 Å². The molecule has 0 bridgehead atoms. The third kappa shape index (κ3) is 2.50. The summed E-state index contributed by atoms with van der Waals surface area (Å²) in [7, 11) is 0. The lowest BCUT2D eigenvalue weighted by Crippen LogP contribution is -2.28. The highest BCUT2D eigenvalue weighted by molar-refractivity contribution is 9.11. The molecule has 0 radical (unpaired) electrons. The van der Waals surface area contributed by atoms with Crippen molar-refractivity contribution in [3.63, 3.8) is 0 Å². The first-order valence-corrected chi connectivity index (χ1v) is 8.12. The van der Waals surface area contributed by atoms with Crippen LogP contribution >= 0.6 is 15.9 Å².